The third kappa shape index (κ3) is 6.59. The van der Waals surface area contributed by atoms with Crippen molar-refractivity contribution >= 4 is 67.9 Å². The summed E-state index contributed by atoms with van der Waals surface area (Å²) in [5.41, 5.74) is 1.93. The number of hydrogen-bond donors (Lipinski definition) is 2. The van der Waals surface area contributed by atoms with E-state index in [1.165, 1.54) is 19.3 Å². The maximum atomic E-state index is 12.9. The van der Waals surface area contributed by atoms with Crippen molar-refractivity contribution in [2.75, 3.05) is 30.4 Å². The van der Waals surface area contributed by atoms with Crippen LogP contribution in [0.2, 0.25) is 0 Å². The third-order valence-corrected chi connectivity index (χ3v) is 11.9. The molecule has 1 aliphatic heterocycles. The zero-order valence-corrected chi connectivity index (χ0v) is 25.1. The number of benzene rings is 2. The fourth-order valence-electron chi connectivity index (χ4n) is 4.08. The van der Waals surface area contributed by atoms with E-state index in [1.54, 1.807) is 25.4 Å². The molecule has 0 radical (unpaired) electrons. The minimum atomic E-state index is -3.62. The van der Waals surface area contributed by atoms with Crippen molar-refractivity contribution in [3.8, 4) is 5.75 Å². The van der Waals surface area contributed by atoms with Crippen molar-refractivity contribution in [1.29, 1.82) is 0 Å². The monoisotopic (exact) mass is 635 g/mol. The number of nitrogens with one attached hydrogen (secondary N) is 2. The number of hydrogen-bond acceptors (Lipinski definition) is 7. The molecule has 4 rings (SSSR count). The average Bonchev–Trinajstić information content (AvgIpc) is 2.86. The Kier molecular flexibility index (Phi) is 8.93. The molecule has 1 fully saturated rings. The Hall–Kier alpha value is -2.13. The van der Waals surface area contributed by atoms with Gasteiger partial charge in [0.2, 0.25) is 0 Å². The number of piperidine rings is 1. The van der Waals surface area contributed by atoms with Crippen molar-refractivity contribution in [1.82, 2.24) is 14.7 Å². The average molecular weight is 636 g/mol. The van der Waals surface area contributed by atoms with Gasteiger partial charge in [-0.15, -0.1) is 0 Å². The number of halogens is 1. The van der Waals surface area contributed by atoms with Gasteiger partial charge in [0.1, 0.15) is 0 Å². The molecule has 1 unspecified atom stereocenters. The predicted octanol–water partition coefficient (Wildman–Crippen LogP) is 3.06. The van der Waals surface area contributed by atoms with Gasteiger partial charge in [-0.1, -0.05) is 0 Å². The van der Waals surface area contributed by atoms with Gasteiger partial charge in [-0.3, -0.25) is 0 Å². The summed E-state index contributed by atoms with van der Waals surface area (Å²) in [6, 6.07) is 13.0. The SMILES string of the molecule is COc1ccc(N2CCCCC2)cc1Nc1ncc(Br)c([AsH]c2ccccc2S(=O)(=O)NC(C)C)n1. The quantitative estimate of drug-likeness (QED) is 0.349. The zero-order chi connectivity index (χ0) is 25.7. The number of nitrogens with zero attached hydrogens (tertiary/aromatic N) is 3. The summed E-state index contributed by atoms with van der Waals surface area (Å²) in [7, 11) is -1.98. The maximum absolute atomic E-state index is 12.9. The van der Waals surface area contributed by atoms with Gasteiger partial charge in [-0.2, -0.15) is 0 Å². The summed E-state index contributed by atoms with van der Waals surface area (Å²) in [5.74, 6) is 1.14. The Bertz CT molecular complexity index is 1320. The second-order valence-electron chi connectivity index (χ2n) is 8.84. The molecule has 192 valence electrons. The Morgan fingerprint density at radius 2 is 1.86 bits per heavy atom. The minimum absolute atomic E-state index is 0.194. The van der Waals surface area contributed by atoms with Crippen molar-refractivity contribution in [2.45, 2.75) is 44.0 Å². The van der Waals surface area contributed by atoms with Gasteiger partial charge in [0.15, 0.2) is 0 Å². The van der Waals surface area contributed by atoms with Crippen LogP contribution in [0.1, 0.15) is 33.1 Å². The fourth-order valence-corrected chi connectivity index (χ4v) is 9.33. The van der Waals surface area contributed by atoms with E-state index in [2.05, 4.69) is 48.0 Å². The van der Waals surface area contributed by atoms with Gasteiger partial charge in [0, 0.05) is 0 Å². The summed E-state index contributed by atoms with van der Waals surface area (Å²) < 4.78 is 36.4. The van der Waals surface area contributed by atoms with Gasteiger partial charge in [-0.05, 0) is 0 Å². The molecule has 8 nitrogen and oxygen atoms in total. The first-order valence-electron chi connectivity index (χ1n) is 11.9. The summed E-state index contributed by atoms with van der Waals surface area (Å²) in [5, 5.41) is 3.32. The summed E-state index contributed by atoms with van der Waals surface area (Å²) >= 11 is 2.47. The Morgan fingerprint density at radius 3 is 2.58 bits per heavy atom. The predicted molar refractivity (Wildman–Crippen MR) is 150 cm³/mol. The summed E-state index contributed by atoms with van der Waals surface area (Å²) in [6.07, 6.45) is 5.37. The molecule has 3 aromatic rings. The van der Waals surface area contributed by atoms with Crippen LogP contribution in [0.5, 0.6) is 5.75 Å². The molecule has 0 saturated carbocycles. The normalized spacial score (nSPS) is 14.5. The molecule has 2 N–H and O–H groups in total. The second kappa shape index (κ2) is 11.9. The number of rotatable bonds is 9. The van der Waals surface area contributed by atoms with E-state index in [4.69, 9.17) is 9.72 Å². The first-order valence-corrected chi connectivity index (χ1v) is 16.2. The van der Waals surface area contributed by atoms with Crippen LogP contribution in [-0.4, -0.2) is 60.4 Å². The topological polar surface area (TPSA) is 96.5 Å². The van der Waals surface area contributed by atoms with Crippen molar-refractivity contribution in [3.63, 3.8) is 0 Å². The Balaban J connectivity index is 1.62. The molecule has 0 bridgehead atoms. The second-order valence-corrected chi connectivity index (χ2v) is 14.0. The van der Waals surface area contributed by atoms with Crippen LogP contribution >= 0.6 is 15.9 Å². The standard InChI is InChI=1S/C25H31AsBrN5O3S/c1-17(2)31-36(33,34)23-10-6-5-9-19(23)26-24-20(27)16-28-25(30-24)29-21-15-18(11-12-22(21)35-3)32-13-7-4-8-14-32/h5-6,9-12,15-17,26,31H,4,7-8,13-14H2,1-3H3,(H,28,29,30). The third-order valence-electron chi connectivity index (χ3n) is 5.72. The molecule has 1 aliphatic rings. The number of sulfonamides is 1. The van der Waals surface area contributed by atoms with Crippen LogP contribution in [0.15, 0.2) is 58.0 Å². The molecule has 36 heavy (non-hydrogen) atoms. The van der Waals surface area contributed by atoms with Crippen LogP contribution in [0.3, 0.4) is 0 Å². The van der Waals surface area contributed by atoms with Crippen LogP contribution in [-0.2, 0) is 10.0 Å². The van der Waals surface area contributed by atoms with Gasteiger partial charge in [0.25, 0.3) is 0 Å². The van der Waals surface area contributed by atoms with Crippen molar-refractivity contribution in [3.05, 3.63) is 53.1 Å². The van der Waals surface area contributed by atoms with Gasteiger partial charge < -0.3 is 0 Å². The van der Waals surface area contributed by atoms with Crippen LogP contribution < -0.4 is 28.5 Å². The van der Waals surface area contributed by atoms with E-state index >= 15 is 0 Å². The molecular formula is C25H31AsBrN5O3S. The van der Waals surface area contributed by atoms with Gasteiger partial charge >= 0.3 is 229 Å². The van der Waals surface area contributed by atoms with E-state index in [0.29, 0.717) is 16.6 Å². The van der Waals surface area contributed by atoms with E-state index in [0.717, 1.165) is 37.8 Å². The molecule has 1 saturated heterocycles. The molecule has 1 atom stereocenters. The van der Waals surface area contributed by atoms with E-state index in [9.17, 15) is 8.42 Å². The van der Waals surface area contributed by atoms with Crippen LogP contribution in [0.4, 0.5) is 17.3 Å². The first-order chi connectivity index (χ1) is 17.3. The van der Waals surface area contributed by atoms with Crippen molar-refractivity contribution in [2.24, 2.45) is 0 Å². The number of ether oxygens (including phenoxy) is 1. The zero-order valence-electron chi connectivity index (χ0n) is 20.6. The molecule has 2 heterocycles. The Labute approximate surface area is 228 Å². The fraction of sp³-hybridized carbons (Fsp3) is 0.360. The molecule has 0 spiro atoms. The molecule has 0 amide bonds. The van der Waals surface area contributed by atoms with Gasteiger partial charge in [-0.25, -0.2) is 0 Å². The molecular weight excluding hydrogens is 605 g/mol. The molecule has 11 heteroatoms. The summed E-state index contributed by atoms with van der Waals surface area (Å²) in [6.45, 7) is 5.71. The van der Waals surface area contributed by atoms with E-state index < -0.39 is 25.8 Å². The summed E-state index contributed by atoms with van der Waals surface area (Å²) in [4.78, 5) is 11.9. The van der Waals surface area contributed by atoms with E-state index in [1.807, 2.05) is 32.0 Å². The van der Waals surface area contributed by atoms with Gasteiger partial charge in [0.05, 0.1) is 0 Å². The number of aromatic nitrogens is 2. The van der Waals surface area contributed by atoms with Crippen LogP contribution in [0.25, 0.3) is 0 Å². The first kappa shape index (κ1) is 26.9. The number of anilines is 3. The molecule has 0 aliphatic carbocycles. The molecule has 2 aromatic carbocycles. The van der Waals surface area contributed by atoms with Crippen LogP contribution in [0, 0.1) is 0 Å². The molecule has 1 aromatic heterocycles. The van der Waals surface area contributed by atoms with Crippen molar-refractivity contribution < 1.29 is 13.2 Å². The van der Waals surface area contributed by atoms with E-state index in [-0.39, 0.29) is 6.04 Å². The Morgan fingerprint density at radius 1 is 1.11 bits per heavy atom. The number of methoxy groups -OCH3 is 1.